The molecule has 9 heteroatoms. The second kappa shape index (κ2) is 6.04. The summed E-state index contributed by atoms with van der Waals surface area (Å²) in [6.45, 7) is 0. The summed E-state index contributed by atoms with van der Waals surface area (Å²) in [5.41, 5.74) is 0.204. The van der Waals surface area contributed by atoms with Gasteiger partial charge < -0.3 is 9.47 Å². The molecule has 1 aromatic rings. The van der Waals surface area contributed by atoms with Crippen LogP contribution in [0.15, 0.2) is 6.07 Å². The van der Waals surface area contributed by atoms with Crippen molar-refractivity contribution in [2.24, 2.45) is 0 Å². The van der Waals surface area contributed by atoms with E-state index >= 15 is 0 Å². The molecule has 0 amide bonds. The molecule has 0 aromatic carbocycles. The SMILES string of the molecule is COC(=O)c1cc(I)c(OC(F)(F)F)nc1CBr. The zero-order valence-corrected chi connectivity index (χ0v) is 12.6. The molecule has 4 nitrogen and oxygen atoms in total. The van der Waals surface area contributed by atoms with Gasteiger partial charge in [-0.3, -0.25) is 0 Å². The van der Waals surface area contributed by atoms with E-state index in [4.69, 9.17) is 0 Å². The van der Waals surface area contributed by atoms with E-state index in [2.05, 4.69) is 30.4 Å². The number of ether oxygens (including phenoxy) is 2. The number of esters is 1. The first-order valence-electron chi connectivity index (χ1n) is 4.38. The maximum atomic E-state index is 12.1. The summed E-state index contributed by atoms with van der Waals surface area (Å²) in [6, 6.07) is 1.23. The summed E-state index contributed by atoms with van der Waals surface area (Å²) < 4.78 is 44.7. The fraction of sp³-hybridized carbons (Fsp3) is 0.333. The first-order valence-corrected chi connectivity index (χ1v) is 6.58. The van der Waals surface area contributed by atoms with Gasteiger partial charge in [0.15, 0.2) is 0 Å². The van der Waals surface area contributed by atoms with E-state index in [1.807, 2.05) is 0 Å². The molecular formula is C9H6BrF3INO3. The van der Waals surface area contributed by atoms with Gasteiger partial charge in [0.1, 0.15) is 0 Å². The molecule has 18 heavy (non-hydrogen) atoms. The zero-order chi connectivity index (χ0) is 13.9. The Morgan fingerprint density at radius 3 is 2.61 bits per heavy atom. The highest BCUT2D eigenvalue weighted by Crippen LogP contribution is 2.28. The van der Waals surface area contributed by atoms with Crippen molar-refractivity contribution in [3.8, 4) is 5.88 Å². The molecule has 100 valence electrons. The zero-order valence-electron chi connectivity index (χ0n) is 8.85. The summed E-state index contributed by atoms with van der Waals surface area (Å²) in [4.78, 5) is 15.0. The molecule has 0 aliphatic carbocycles. The summed E-state index contributed by atoms with van der Waals surface area (Å²) in [6.07, 6.45) is -4.83. The fourth-order valence-electron chi connectivity index (χ4n) is 1.08. The third-order valence-corrected chi connectivity index (χ3v) is 3.07. The molecule has 0 aliphatic rings. The lowest BCUT2D eigenvalue weighted by molar-refractivity contribution is -0.276. The second-order valence-electron chi connectivity index (χ2n) is 2.94. The van der Waals surface area contributed by atoms with Crippen LogP contribution in [0.1, 0.15) is 16.1 Å². The number of carbonyl (C=O) groups is 1. The normalized spacial score (nSPS) is 11.2. The van der Waals surface area contributed by atoms with E-state index in [1.54, 1.807) is 22.6 Å². The van der Waals surface area contributed by atoms with Gasteiger partial charge in [-0.2, -0.15) is 0 Å². The van der Waals surface area contributed by atoms with Crippen molar-refractivity contribution in [3.05, 3.63) is 20.9 Å². The average Bonchev–Trinajstić information content (AvgIpc) is 2.28. The highest BCUT2D eigenvalue weighted by Gasteiger charge is 2.33. The number of rotatable bonds is 3. The van der Waals surface area contributed by atoms with Crippen molar-refractivity contribution in [2.75, 3.05) is 7.11 Å². The summed E-state index contributed by atoms with van der Waals surface area (Å²) in [5, 5.41) is 0.0998. The van der Waals surface area contributed by atoms with Gasteiger partial charge in [0.05, 0.1) is 21.9 Å². The maximum Gasteiger partial charge on any atom is 0.574 e. The number of alkyl halides is 4. The van der Waals surface area contributed by atoms with E-state index in [-0.39, 0.29) is 20.2 Å². The van der Waals surface area contributed by atoms with Crippen molar-refractivity contribution >= 4 is 44.5 Å². The predicted molar refractivity (Wildman–Crippen MR) is 67.6 cm³/mol. The van der Waals surface area contributed by atoms with Crippen molar-refractivity contribution in [2.45, 2.75) is 11.7 Å². The Labute approximate surface area is 122 Å². The van der Waals surface area contributed by atoms with Crippen LogP contribution in [0.3, 0.4) is 0 Å². The molecule has 1 heterocycles. The molecule has 0 bridgehead atoms. The van der Waals surface area contributed by atoms with Crippen LogP contribution < -0.4 is 4.74 Å². The van der Waals surface area contributed by atoms with Gasteiger partial charge in [0.25, 0.3) is 0 Å². The van der Waals surface area contributed by atoms with Gasteiger partial charge in [-0.25, -0.2) is 9.78 Å². The molecule has 0 unspecified atom stereocenters. The van der Waals surface area contributed by atoms with E-state index in [0.29, 0.717) is 0 Å². The van der Waals surface area contributed by atoms with E-state index in [0.717, 1.165) is 0 Å². The number of pyridine rings is 1. The molecule has 0 fully saturated rings. The number of methoxy groups -OCH3 is 1. The first-order chi connectivity index (χ1) is 8.28. The second-order valence-corrected chi connectivity index (χ2v) is 4.67. The van der Waals surface area contributed by atoms with Crippen LogP contribution in [0.5, 0.6) is 5.88 Å². The lowest BCUT2D eigenvalue weighted by atomic mass is 10.2. The summed E-state index contributed by atoms with van der Waals surface area (Å²) >= 11 is 4.63. The van der Waals surface area contributed by atoms with Gasteiger partial charge >= 0.3 is 12.3 Å². The Bertz CT molecular complexity index is 467. The van der Waals surface area contributed by atoms with Crippen LogP contribution in [0.25, 0.3) is 0 Å². The molecule has 0 radical (unpaired) electrons. The van der Waals surface area contributed by atoms with Crippen LogP contribution in [-0.2, 0) is 10.1 Å². The largest absolute Gasteiger partial charge is 0.574 e. The van der Waals surface area contributed by atoms with Crippen LogP contribution in [0.4, 0.5) is 13.2 Å². The number of hydrogen-bond donors (Lipinski definition) is 0. The maximum absolute atomic E-state index is 12.1. The number of nitrogens with zero attached hydrogens (tertiary/aromatic N) is 1. The third-order valence-electron chi connectivity index (χ3n) is 1.77. The van der Waals surface area contributed by atoms with Crippen molar-refractivity contribution in [3.63, 3.8) is 0 Å². The lowest BCUT2D eigenvalue weighted by Gasteiger charge is -2.12. The van der Waals surface area contributed by atoms with Gasteiger partial charge in [-0.05, 0) is 28.7 Å². The number of hydrogen-bond acceptors (Lipinski definition) is 4. The lowest BCUT2D eigenvalue weighted by Crippen LogP contribution is -2.20. The smallest absolute Gasteiger partial charge is 0.465 e. The van der Waals surface area contributed by atoms with Gasteiger partial charge in [-0.15, -0.1) is 13.2 Å². The van der Waals surface area contributed by atoms with Gasteiger partial charge in [-0.1, -0.05) is 15.9 Å². The van der Waals surface area contributed by atoms with Gasteiger partial charge in [0, 0.05) is 5.33 Å². The fourth-order valence-corrected chi connectivity index (χ4v) is 2.05. The average molecular weight is 440 g/mol. The van der Waals surface area contributed by atoms with E-state index in [9.17, 15) is 18.0 Å². The Balaban J connectivity index is 3.22. The minimum Gasteiger partial charge on any atom is -0.465 e. The predicted octanol–water partition coefficient (Wildman–Crippen LogP) is 3.27. The van der Waals surface area contributed by atoms with Crippen molar-refractivity contribution in [1.82, 2.24) is 4.98 Å². The van der Waals surface area contributed by atoms with Gasteiger partial charge in [0.2, 0.25) is 5.88 Å². The molecule has 1 rings (SSSR count). The monoisotopic (exact) mass is 439 g/mol. The van der Waals surface area contributed by atoms with Crippen LogP contribution in [-0.4, -0.2) is 24.4 Å². The Hall–Kier alpha value is -0.580. The molecule has 0 saturated carbocycles. The van der Waals surface area contributed by atoms with Crippen LogP contribution in [0, 0.1) is 3.57 Å². The van der Waals surface area contributed by atoms with Crippen molar-refractivity contribution in [1.29, 1.82) is 0 Å². The number of carbonyl (C=O) groups excluding carboxylic acids is 1. The quantitative estimate of drug-likeness (QED) is 0.412. The molecule has 0 atom stereocenters. The number of aromatic nitrogens is 1. The summed E-state index contributed by atoms with van der Waals surface area (Å²) in [5.74, 6) is -1.27. The van der Waals surface area contributed by atoms with Crippen molar-refractivity contribution < 1.29 is 27.4 Å². The topological polar surface area (TPSA) is 48.4 Å². The molecule has 0 N–H and O–H groups in total. The van der Waals surface area contributed by atoms with Crippen LogP contribution >= 0.6 is 38.5 Å². The highest BCUT2D eigenvalue weighted by atomic mass is 127. The van der Waals surface area contributed by atoms with E-state index < -0.39 is 18.2 Å². The molecule has 0 aliphatic heterocycles. The minimum atomic E-state index is -4.83. The van der Waals surface area contributed by atoms with Crippen LogP contribution in [0.2, 0.25) is 0 Å². The Morgan fingerprint density at radius 1 is 1.56 bits per heavy atom. The molecule has 0 saturated heterocycles. The summed E-state index contributed by atoms with van der Waals surface area (Å²) in [7, 11) is 1.17. The van der Waals surface area contributed by atoms with E-state index in [1.165, 1.54) is 13.2 Å². The standard InChI is InChI=1S/C9H6BrF3INO3/c1-17-8(16)4-2-5(14)7(15-6(4)3-10)18-9(11,12)13/h2H,3H2,1H3. The third kappa shape index (κ3) is 3.97. The first kappa shape index (κ1) is 15.5. The molecular weight excluding hydrogens is 434 g/mol. The molecule has 1 aromatic heterocycles. The Kier molecular flexibility index (Phi) is 5.20. The minimum absolute atomic E-state index is 0.0648. The molecule has 0 spiro atoms. The highest BCUT2D eigenvalue weighted by molar-refractivity contribution is 14.1. The number of halogens is 5. The Morgan fingerprint density at radius 2 is 2.17 bits per heavy atom.